The highest BCUT2D eigenvalue weighted by molar-refractivity contribution is 7.81. The number of aryl methyl sites for hydroxylation is 1. The van der Waals surface area contributed by atoms with Gasteiger partial charge in [0.1, 0.15) is 35.7 Å². The number of nitriles is 1. The zero-order valence-electron chi connectivity index (χ0n) is 44.9. The average Bonchev–Trinajstić information content (AvgIpc) is 4.20. The molecule has 0 radical (unpaired) electrons. The first-order valence-electron chi connectivity index (χ1n) is 25.9. The van der Waals surface area contributed by atoms with E-state index in [0.717, 1.165) is 66.5 Å². The van der Waals surface area contributed by atoms with Gasteiger partial charge in [-0.05, 0) is 145 Å². The number of aromatic nitrogens is 1. The van der Waals surface area contributed by atoms with Crippen LogP contribution in [0.3, 0.4) is 0 Å². The van der Waals surface area contributed by atoms with Crippen LogP contribution in [0.25, 0.3) is 32.7 Å². The van der Waals surface area contributed by atoms with Crippen molar-refractivity contribution in [2.24, 2.45) is 5.41 Å². The summed E-state index contributed by atoms with van der Waals surface area (Å²) in [5, 5.41) is 15.2. The number of carbonyl (C=O) groups excluding carboxylic acids is 4. The van der Waals surface area contributed by atoms with Gasteiger partial charge in [-0.3, -0.25) is 24.1 Å². The van der Waals surface area contributed by atoms with E-state index in [1.54, 1.807) is 77.5 Å². The van der Waals surface area contributed by atoms with E-state index in [4.69, 9.17) is 21.7 Å². The second-order valence-electron chi connectivity index (χ2n) is 21.3. The molecule has 18 heteroatoms. The predicted molar refractivity (Wildman–Crippen MR) is 307 cm³/mol. The maximum absolute atomic E-state index is 14.1. The Labute approximate surface area is 472 Å². The van der Waals surface area contributed by atoms with Crippen molar-refractivity contribution in [3.63, 3.8) is 0 Å². The summed E-state index contributed by atoms with van der Waals surface area (Å²) >= 11 is 7.26. The smallest absolute Gasteiger partial charge is 0.417 e. The summed E-state index contributed by atoms with van der Waals surface area (Å²) in [6.07, 6.45) is -3.59. The summed E-state index contributed by atoms with van der Waals surface area (Å²) in [7, 11) is 0. The van der Waals surface area contributed by atoms with Crippen molar-refractivity contribution in [1.29, 1.82) is 5.26 Å². The molecule has 2 aliphatic heterocycles. The Bertz CT molecular complexity index is 3480. The summed E-state index contributed by atoms with van der Waals surface area (Å²) in [6.45, 7) is 11.6. The molecule has 2 atom stereocenters. The summed E-state index contributed by atoms with van der Waals surface area (Å²) in [5.41, 5.74) is 6.56. The number of alkyl halides is 3. The molecule has 0 aliphatic carbocycles. The molecule has 2 fully saturated rings. The van der Waals surface area contributed by atoms with E-state index in [1.807, 2.05) is 118 Å². The number of hydrogen-bond acceptors (Lipinski definition) is 10. The molecule has 7 aromatic rings. The van der Waals surface area contributed by atoms with Crippen molar-refractivity contribution in [2.75, 3.05) is 23.0 Å². The van der Waals surface area contributed by atoms with Crippen LogP contribution >= 0.6 is 23.6 Å². The van der Waals surface area contributed by atoms with Crippen LogP contribution in [0.15, 0.2) is 145 Å². The molecule has 410 valence electrons. The number of nitrogens with zero attached hydrogens (tertiary/aromatic N) is 5. The van der Waals surface area contributed by atoms with Crippen LogP contribution < -0.4 is 29.9 Å². The molecule has 1 unspecified atom stereocenters. The van der Waals surface area contributed by atoms with Gasteiger partial charge in [-0.25, -0.2) is 4.98 Å². The molecule has 0 bridgehead atoms. The van der Waals surface area contributed by atoms with Gasteiger partial charge in [-0.2, -0.15) is 18.4 Å². The molecule has 6 aromatic carbocycles. The Morgan fingerprint density at radius 1 is 0.800 bits per heavy atom. The van der Waals surface area contributed by atoms with Crippen molar-refractivity contribution >= 4 is 63.7 Å². The highest BCUT2D eigenvalue weighted by Gasteiger charge is 2.51. The topological polar surface area (TPSA) is 157 Å². The second-order valence-corrected chi connectivity index (χ2v) is 22.5. The van der Waals surface area contributed by atoms with Crippen LogP contribution in [-0.4, -0.2) is 69.4 Å². The van der Waals surface area contributed by atoms with Gasteiger partial charge in [0.2, 0.25) is 11.8 Å². The Hall–Kier alpha value is -8.40. The number of thiocarbonyl (C=S) groups is 1. The van der Waals surface area contributed by atoms with Gasteiger partial charge >= 0.3 is 6.18 Å². The van der Waals surface area contributed by atoms with E-state index in [2.05, 4.69) is 15.6 Å². The minimum atomic E-state index is -4.80. The third kappa shape index (κ3) is 12.2. The molecule has 9 rings (SSSR count). The van der Waals surface area contributed by atoms with Crippen LogP contribution in [0.5, 0.6) is 11.5 Å². The summed E-state index contributed by atoms with van der Waals surface area (Å²) < 4.78 is 53.3. The first-order chi connectivity index (χ1) is 38.1. The lowest BCUT2D eigenvalue weighted by atomic mass is 9.85. The second kappa shape index (κ2) is 23.1. The van der Waals surface area contributed by atoms with Crippen molar-refractivity contribution in [2.45, 2.75) is 91.3 Å². The fraction of sp³-hybridized carbons (Fsp3) is 0.274. The van der Waals surface area contributed by atoms with Gasteiger partial charge < -0.3 is 29.9 Å². The predicted octanol–water partition coefficient (Wildman–Crippen LogP) is 12.1. The van der Waals surface area contributed by atoms with Crippen molar-refractivity contribution < 1.29 is 41.8 Å². The molecule has 13 nitrogen and oxygen atoms in total. The maximum Gasteiger partial charge on any atom is 0.417 e. The Balaban J connectivity index is 0.739. The monoisotopic (exact) mass is 1120 g/mol. The fourth-order valence-electron chi connectivity index (χ4n) is 9.84. The number of thiazole rings is 1. The number of nitrogens with one attached hydrogen (secondary N) is 2. The number of ether oxygens (including phenoxy) is 2. The van der Waals surface area contributed by atoms with E-state index in [0.29, 0.717) is 43.1 Å². The SMILES string of the molecule is Cc1ncsc1-c1ccc(CNC(=O)[C@@H]2CCCN2C(=O)C(NC(=O)COc2ccc(-c3ccc(-c4ccc(COc5ccc(N6C(=S)N(c7ccc(C#N)c(C(F)(F)F)c7)C(=O)C6(C)C)cc5)cc4)cc3)cc2)C(C)(C)C)cc1. The molecule has 2 N–H and O–H groups in total. The van der Waals surface area contributed by atoms with Gasteiger partial charge in [0.25, 0.3) is 11.8 Å². The lowest BCUT2D eigenvalue weighted by molar-refractivity contribution is -0.144. The first kappa shape index (κ1) is 56.3. The van der Waals surface area contributed by atoms with Crippen LogP contribution in [0.4, 0.5) is 24.5 Å². The number of carbonyl (C=O) groups is 4. The summed E-state index contributed by atoms with van der Waals surface area (Å²) in [6, 6.07) is 41.6. The Morgan fingerprint density at radius 2 is 1.35 bits per heavy atom. The Kier molecular flexibility index (Phi) is 16.3. The van der Waals surface area contributed by atoms with Gasteiger partial charge in [0, 0.05) is 18.8 Å². The molecule has 2 aliphatic rings. The van der Waals surface area contributed by atoms with Gasteiger partial charge in [0.15, 0.2) is 11.7 Å². The van der Waals surface area contributed by atoms with Crippen LogP contribution in [0.1, 0.15) is 75.4 Å². The molecule has 0 spiro atoms. The average molecular weight is 1120 g/mol. The standard InChI is InChI=1S/C62H58F3N7O6S2/c1-38-54(80-37-68-38)45-15-9-39(10-16-45)34-67-56(74)52-8-7-31-70(52)57(75)55(60(2,3)4)69-53(73)36-78-49-27-22-44(23-28-49)43-19-17-42(18-20-43)41-13-11-40(12-14-41)35-77-50-29-25-47(26-30-50)72-59(79)71(58(76)61(72,5)6)48-24-21-46(33-66)51(32-48)62(63,64)65/h9-30,32,37,52,55H,7-8,31,34-36H2,1-6H3,(H,67,74)(H,69,73)/t52-,55?/m0/s1. The van der Waals surface area contributed by atoms with E-state index < -0.39 is 52.2 Å². The first-order valence-corrected chi connectivity index (χ1v) is 27.2. The molecular formula is C62H58F3N7O6S2. The van der Waals surface area contributed by atoms with E-state index in [9.17, 15) is 37.6 Å². The van der Waals surface area contributed by atoms with Crippen LogP contribution in [-0.2, 0) is 38.5 Å². The number of amides is 4. The van der Waals surface area contributed by atoms with Crippen molar-refractivity contribution in [1.82, 2.24) is 20.5 Å². The van der Waals surface area contributed by atoms with Gasteiger partial charge in [-0.1, -0.05) is 106 Å². The van der Waals surface area contributed by atoms with Crippen LogP contribution in [0.2, 0.25) is 0 Å². The maximum atomic E-state index is 14.1. The molecule has 4 amide bonds. The number of likely N-dealkylation sites (tertiary alicyclic amines) is 1. The van der Waals surface area contributed by atoms with Crippen LogP contribution in [0, 0.1) is 23.7 Å². The number of anilines is 2. The fourth-order valence-corrected chi connectivity index (χ4v) is 11.2. The zero-order valence-corrected chi connectivity index (χ0v) is 46.5. The summed E-state index contributed by atoms with van der Waals surface area (Å²) in [4.78, 5) is 64.3. The van der Waals surface area contributed by atoms with E-state index in [-0.39, 0.29) is 35.8 Å². The van der Waals surface area contributed by atoms with E-state index in [1.165, 1.54) is 6.07 Å². The molecule has 2 saturated heterocycles. The normalized spacial score (nSPS) is 15.6. The molecular weight excluding hydrogens is 1060 g/mol. The molecule has 1 aromatic heterocycles. The Morgan fingerprint density at radius 3 is 1.93 bits per heavy atom. The number of benzene rings is 6. The molecule has 80 heavy (non-hydrogen) atoms. The third-order valence-corrected chi connectivity index (χ3v) is 15.6. The van der Waals surface area contributed by atoms with Crippen molar-refractivity contribution in [3.05, 3.63) is 173 Å². The summed E-state index contributed by atoms with van der Waals surface area (Å²) in [5.74, 6) is -0.459. The third-order valence-electron chi connectivity index (χ3n) is 14.3. The van der Waals surface area contributed by atoms with Crippen molar-refractivity contribution in [3.8, 4) is 50.3 Å². The highest BCUT2D eigenvalue weighted by Crippen LogP contribution is 2.40. The number of hydrogen-bond donors (Lipinski definition) is 2. The van der Waals surface area contributed by atoms with E-state index >= 15 is 0 Å². The van der Waals surface area contributed by atoms with Gasteiger partial charge in [-0.15, -0.1) is 11.3 Å². The quantitative estimate of drug-likeness (QED) is 0.0893. The minimum Gasteiger partial charge on any atom is -0.489 e. The lowest BCUT2D eigenvalue weighted by Gasteiger charge is -2.35. The molecule has 3 heterocycles. The highest BCUT2D eigenvalue weighted by atomic mass is 32.1. The van der Waals surface area contributed by atoms with Gasteiger partial charge in [0.05, 0.1) is 39.0 Å². The lowest BCUT2D eigenvalue weighted by Crippen LogP contribution is -2.58. The largest absolute Gasteiger partial charge is 0.489 e. The minimum absolute atomic E-state index is 0.00104. The molecule has 0 saturated carbocycles. The number of halogens is 3. The number of rotatable bonds is 16. The zero-order chi connectivity index (χ0) is 57.1.